The third-order valence-corrected chi connectivity index (χ3v) is 4.95. The molecule has 0 aliphatic heterocycles. The van der Waals surface area contributed by atoms with Crippen molar-refractivity contribution in [2.24, 2.45) is 0 Å². The van der Waals surface area contributed by atoms with Crippen LogP contribution >= 0.6 is 0 Å². The summed E-state index contributed by atoms with van der Waals surface area (Å²) in [4.78, 5) is 25.9. The summed E-state index contributed by atoms with van der Waals surface area (Å²) < 4.78 is 20.9. The van der Waals surface area contributed by atoms with Crippen molar-refractivity contribution in [2.45, 2.75) is 38.1 Å². The van der Waals surface area contributed by atoms with Gasteiger partial charge in [-0.15, -0.1) is 0 Å². The van der Waals surface area contributed by atoms with Gasteiger partial charge in [-0.3, -0.25) is 4.79 Å². The lowest BCUT2D eigenvalue weighted by Crippen LogP contribution is -2.40. The number of amides is 1. The van der Waals surface area contributed by atoms with Gasteiger partial charge in [0, 0.05) is 19.2 Å². The molecule has 0 spiro atoms. The summed E-state index contributed by atoms with van der Waals surface area (Å²) in [5.74, 6) is 0.681. The zero-order valence-electron chi connectivity index (χ0n) is 17.0. The number of esters is 1. The molecule has 7 heteroatoms. The van der Waals surface area contributed by atoms with Gasteiger partial charge in [-0.25, -0.2) is 4.79 Å². The second-order valence-corrected chi connectivity index (χ2v) is 6.70. The topological polar surface area (TPSA) is 74.3 Å². The molecule has 1 aromatic rings. The van der Waals surface area contributed by atoms with Gasteiger partial charge in [-0.05, 0) is 36.6 Å². The lowest BCUT2D eigenvalue weighted by atomic mass is 9.94. The predicted octanol–water partition coefficient (Wildman–Crippen LogP) is 3.06. The fourth-order valence-corrected chi connectivity index (χ4v) is 3.32. The standard InChI is InChI=1S/C21H29NO6/c1-22(16-8-6-5-7-9-16)19(23)14-28-20(24)11-10-15-12-17(25-2)21(27-4)18(13-15)26-3/h10-13,16H,5-9,14H2,1-4H3/b11-10+. The van der Waals surface area contributed by atoms with Gasteiger partial charge in [0.05, 0.1) is 21.3 Å². The predicted molar refractivity (Wildman–Crippen MR) is 106 cm³/mol. The van der Waals surface area contributed by atoms with Gasteiger partial charge in [0.1, 0.15) is 0 Å². The largest absolute Gasteiger partial charge is 0.493 e. The Bertz CT molecular complexity index is 684. The highest BCUT2D eigenvalue weighted by Gasteiger charge is 2.22. The van der Waals surface area contributed by atoms with Gasteiger partial charge in [-0.2, -0.15) is 0 Å². The molecule has 0 heterocycles. The minimum Gasteiger partial charge on any atom is -0.493 e. The lowest BCUT2D eigenvalue weighted by Gasteiger charge is -2.31. The summed E-state index contributed by atoms with van der Waals surface area (Å²) in [6, 6.07) is 3.68. The van der Waals surface area contributed by atoms with Crippen molar-refractivity contribution in [3.63, 3.8) is 0 Å². The average molecular weight is 391 g/mol. The number of hydrogen-bond donors (Lipinski definition) is 0. The van der Waals surface area contributed by atoms with E-state index in [0.717, 1.165) is 25.7 Å². The second kappa shape index (κ2) is 10.6. The summed E-state index contributed by atoms with van der Waals surface area (Å²) in [5, 5.41) is 0. The van der Waals surface area contributed by atoms with E-state index >= 15 is 0 Å². The Labute approximate surface area is 166 Å². The number of ether oxygens (including phenoxy) is 4. The van der Waals surface area contributed by atoms with Crippen LogP contribution in [-0.2, 0) is 14.3 Å². The lowest BCUT2D eigenvalue weighted by molar-refractivity contribution is -0.148. The van der Waals surface area contributed by atoms with Crippen molar-refractivity contribution in [1.29, 1.82) is 0 Å². The number of carbonyl (C=O) groups is 2. The van der Waals surface area contributed by atoms with Crippen LogP contribution in [0.4, 0.5) is 0 Å². The van der Waals surface area contributed by atoms with Crippen LogP contribution in [0, 0.1) is 0 Å². The third kappa shape index (κ3) is 5.65. The first kappa shape index (κ1) is 21.6. The molecule has 0 N–H and O–H groups in total. The molecule has 154 valence electrons. The fraction of sp³-hybridized carbons (Fsp3) is 0.524. The number of hydrogen-bond acceptors (Lipinski definition) is 6. The van der Waals surface area contributed by atoms with E-state index in [2.05, 4.69) is 0 Å². The van der Waals surface area contributed by atoms with Gasteiger partial charge in [0.2, 0.25) is 5.75 Å². The molecule has 0 bridgehead atoms. The maximum Gasteiger partial charge on any atom is 0.331 e. The Morgan fingerprint density at radius 1 is 1.04 bits per heavy atom. The normalized spacial score (nSPS) is 14.6. The van der Waals surface area contributed by atoms with Gasteiger partial charge in [-0.1, -0.05) is 19.3 Å². The van der Waals surface area contributed by atoms with Crippen LogP contribution in [0.1, 0.15) is 37.7 Å². The highest BCUT2D eigenvalue weighted by Crippen LogP contribution is 2.38. The Morgan fingerprint density at radius 2 is 1.64 bits per heavy atom. The van der Waals surface area contributed by atoms with E-state index in [1.54, 1.807) is 30.2 Å². The van der Waals surface area contributed by atoms with Crippen LogP contribution < -0.4 is 14.2 Å². The second-order valence-electron chi connectivity index (χ2n) is 6.70. The smallest absolute Gasteiger partial charge is 0.331 e. The van der Waals surface area contributed by atoms with Gasteiger partial charge >= 0.3 is 5.97 Å². The van der Waals surface area contributed by atoms with Crippen molar-refractivity contribution >= 4 is 18.0 Å². The molecule has 7 nitrogen and oxygen atoms in total. The summed E-state index contributed by atoms with van der Waals surface area (Å²) in [7, 11) is 6.34. The van der Waals surface area contributed by atoms with E-state index in [1.165, 1.54) is 33.8 Å². The SMILES string of the molecule is COc1cc(/C=C/C(=O)OCC(=O)N(C)C2CCCCC2)cc(OC)c1OC. The molecule has 1 saturated carbocycles. The van der Waals surface area contributed by atoms with E-state index in [1.807, 2.05) is 0 Å². The van der Waals surface area contributed by atoms with E-state index in [4.69, 9.17) is 18.9 Å². The molecule has 0 atom stereocenters. The molecule has 0 aromatic heterocycles. The Balaban J connectivity index is 1.93. The monoisotopic (exact) mass is 391 g/mol. The number of benzene rings is 1. The van der Waals surface area contributed by atoms with Crippen molar-refractivity contribution in [3.05, 3.63) is 23.8 Å². The molecule has 0 radical (unpaired) electrons. The number of likely N-dealkylation sites (N-methyl/N-ethyl adjacent to an activating group) is 1. The Kier molecular flexibility index (Phi) is 8.17. The summed E-state index contributed by atoms with van der Waals surface area (Å²) in [6.07, 6.45) is 8.36. The molecule has 1 aliphatic rings. The average Bonchev–Trinajstić information content (AvgIpc) is 2.74. The van der Waals surface area contributed by atoms with E-state index in [-0.39, 0.29) is 18.6 Å². The van der Waals surface area contributed by atoms with Crippen LogP contribution in [0.15, 0.2) is 18.2 Å². The Hall–Kier alpha value is -2.70. The summed E-state index contributed by atoms with van der Waals surface area (Å²) in [6.45, 7) is -0.259. The van der Waals surface area contributed by atoms with Crippen molar-refractivity contribution in [3.8, 4) is 17.2 Å². The van der Waals surface area contributed by atoms with Crippen LogP contribution in [0.2, 0.25) is 0 Å². The molecular formula is C21H29NO6. The number of carbonyl (C=O) groups excluding carboxylic acids is 2. The van der Waals surface area contributed by atoms with Gasteiger partial charge in [0.15, 0.2) is 18.1 Å². The summed E-state index contributed by atoms with van der Waals surface area (Å²) >= 11 is 0. The number of nitrogens with zero attached hydrogens (tertiary/aromatic N) is 1. The molecule has 1 aliphatic carbocycles. The van der Waals surface area contributed by atoms with Gasteiger partial charge in [0.25, 0.3) is 5.91 Å². The molecule has 1 aromatic carbocycles. The molecule has 0 unspecified atom stereocenters. The molecular weight excluding hydrogens is 362 g/mol. The van der Waals surface area contributed by atoms with Gasteiger partial charge < -0.3 is 23.8 Å². The minimum absolute atomic E-state index is 0.179. The van der Waals surface area contributed by atoms with E-state index in [9.17, 15) is 9.59 Å². The first-order valence-electron chi connectivity index (χ1n) is 9.40. The van der Waals surface area contributed by atoms with Crippen LogP contribution in [-0.4, -0.2) is 57.8 Å². The van der Waals surface area contributed by atoms with E-state index in [0.29, 0.717) is 22.8 Å². The maximum atomic E-state index is 12.2. The van der Waals surface area contributed by atoms with Crippen molar-refractivity contribution < 1.29 is 28.5 Å². The first-order chi connectivity index (χ1) is 13.5. The first-order valence-corrected chi connectivity index (χ1v) is 9.40. The molecule has 28 heavy (non-hydrogen) atoms. The highest BCUT2D eigenvalue weighted by atomic mass is 16.5. The number of rotatable bonds is 8. The van der Waals surface area contributed by atoms with E-state index < -0.39 is 5.97 Å². The minimum atomic E-state index is -0.584. The van der Waals surface area contributed by atoms with Crippen LogP contribution in [0.25, 0.3) is 6.08 Å². The quantitative estimate of drug-likeness (QED) is 0.501. The molecule has 1 amide bonds. The molecule has 1 fully saturated rings. The fourth-order valence-electron chi connectivity index (χ4n) is 3.32. The van der Waals surface area contributed by atoms with Crippen molar-refractivity contribution in [2.75, 3.05) is 35.0 Å². The Morgan fingerprint density at radius 3 is 2.18 bits per heavy atom. The molecule has 2 rings (SSSR count). The van der Waals surface area contributed by atoms with Crippen molar-refractivity contribution in [1.82, 2.24) is 4.90 Å². The van der Waals surface area contributed by atoms with Crippen LogP contribution in [0.3, 0.4) is 0 Å². The molecule has 0 saturated heterocycles. The zero-order chi connectivity index (χ0) is 20.5. The summed E-state index contributed by atoms with van der Waals surface area (Å²) in [5.41, 5.74) is 0.678. The maximum absolute atomic E-state index is 12.2. The zero-order valence-corrected chi connectivity index (χ0v) is 17.0. The third-order valence-electron chi connectivity index (χ3n) is 4.95. The highest BCUT2D eigenvalue weighted by molar-refractivity contribution is 5.89. The number of methoxy groups -OCH3 is 3. The van der Waals surface area contributed by atoms with Crippen LogP contribution in [0.5, 0.6) is 17.2 Å².